The molecule has 0 aliphatic carbocycles. The molecule has 0 fully saturated rings. The van der Waals surface area contributed by atoms with Gasteiger partial charge in [0.25, 0.3) is 5.91 Å². The van der Waals surface area contributed by atoms with E-state index in [1.54, 1.807) is 12.1 Å². The van der Waals surface area contributed by atoms with Crippen molar-refractivity contribution in [3.63, 3.8) is 0 Å². The predicted molar refractivity (Wildman–Crippen MR) is 108 cm³/mol. The van der Waals surface area contributed by atoms with Crippen LogP contribution in [0.2, 0.25) is 0 Å². The normalized spacial score (nSPS) is 11.3. The van der Waals surface area contributed by atoms with E-state index in [0.29, 0.717) is 5.75 Å². The van der Waals surface area contributed by atoms with Gasteiger partial charge in [-0.05, 0) is 29.2 Å². The molecule has 2 rings (SSSR count). The Morgan fingerprint density at radius 2 is 1.93 bits per heavy atom. The lowest BCUT2D eigenvalue weighted by atomic mass is 9.87. The highest BCUT2D eigenvalue weighted by molar-refractivity contribution is 5.85. The molecule has 0 aliphatic rings. The highest BCUT2D eigenvalue weighted by Crippen LogP contribution is 2.36. The van der Waals surface area contributed by atoms with E-state index < -0.39 is 22.3 Å². The van der Waals surface area contributed by atoms with Crippen molar-refractivity contribution in [1.82, 2.24) is 5.43 Å². The average Bonchev–Trinajstić information content (AvgIpc) is 2.66. The number of rotatable bonds is 7. The van der Waals surface area contributed by atoms with Crippen LogP contribution in [0, 0.1) is 10.1 Å². The number of phenols is 1. The Morgan fingerprint density at radius 3 is 2.48 bits per heavy atom. The number of hydrazone groups is 1. The van der Waals surface area contributed by atoms with Crippen LogP contribution in [0.25, 0.3) is 0 Å². The molecular weight excluding hydrogens is 378 g/mol. The van der Waals surface area contributed by atoms with E-state index in [4.69, 9.17) is 9.47 Å². The standard InChI is InChI=1S/C20H23N3O6/c1-20(2,3)14-5-7-15(8-6-14)29-12-18(24)22-21-11-13-9-16(23(26)27)19(25)17(10-13)28-4/h5-11,25H,12H2,1-4H3,(H,22,24)/b21-11+. The Morgan fingerprint density at radius 1 is 1.28 bits per heavy atom. The smallest absolute Gasteiger partial charge is 0.315 e. The number of nitrogens with zero attached hydrogens (tertiary/aromatic N) is 2. The SMILES string of the molecule is COc1cc(/C=N/NC(=O)COc2ccc(C(C)(C)C)cc2)cc([N+](=O)[O-])c1O. The minimum Gasteiger partial charge on any atom is -0.500 e. The number of nitro benzene ring substituents is 1. The van der Waals surface area contributed by atoms with Crippen LogP contribution in [-0.2, 0) is 10.2 Å². The molecule has 2 N–H and O–H groups in total. The second-order valence-electron chi connectivity index (χ2n) is 7.20. The van der Waals surface area contributed by atoms with Crippen molar-refractivity contribution in [3.8, 4) is 17.2 Å². The molecule has 0 unspecified atom stereocenters. The molecule has 9 heteroatoms. The van der Waals surface area contributed by atoms with Crippen molar-refractivity contribution in [1.29, 1.82) is 0 Å². The zero-order chi connectivity index (χ0) is 21.6. The first-order valence-corrected chi connectivity index (χ1v) is 8.72. The number of phenolic OH excluding ortho intramolecular Hbond substituents is 1. The highest BCUT2D eigenvalue weighted by atomic mass is 16.6. The highest BCUT2D eigenvalue weighted by Gasteiger charge is 2.19. The predicted octanol–water partition coefficient (Wildman–Crippen LogP) is 3.14. The number of nitro groups is 1. The van der Waals surface area contributed by atoms with Gasteiger partial charge in [0.2, 0.25) is 5.75 Å². The molecule has 0 saturated heterocycles. The summed E-state index contributed by atoms with van der Waals surface area (Å²) in [4.78, 5) is 22.1. The molecule has 0 spiro atoms. The third-order valence-electron chi connectivity index (χ3n) is 3.99. The van der Waals surface area contributed by atoms with E-state index in [0.717, 1.165) is 11.6 Å². The van der Waals surface area contributed by atoms with E-state index >= 15 is 0 Å². The average molecular weight is 401 g/mol. The minimum absolute atomic E-state index is 0.0244. The molecule has 1 amide bonds. The lowest BCUT2D eigenvalue weighted by molar-refractivity contribution is -0.386. The number of hydrogen-bond acceptors (Lipinski definition) is 7. The molecule has 154 valence electrons. The molecule has 29 heavy (non-hydrogen) atoms. The van der Waals surface area contributed by atoms with Gasteiger partial charge in [-0.1, -0.05) is 32.9 Å². The molecule has 0 radical (unpaired) electrons. The fourth-order valence-corrected chi connectivity index (χ4v) is 2.39. The maximum atomic E-state index is 11.9. The van der Waals surface area contributed by atoms with Crippen LogP contribution in [0.5, 0.6) is 17.2 Å². The molecule has 0 heterocycles. The van der Waals surface area contributed by atoms with Gasteiger partial charge in [-0.2, -0.15) is 5.10 Å². The molecule has 2 aromatic carbocycles. The van der Waals surface area contributed by atoms with Gasteiger partial charge < -0.3 is 14.6 Å². The number of carbonyl (C=O) groups is 1. The zero-order valence-corrected chi connectivity index (χ0v) is 16.6. The topological polar surface area (TPSA) is 123 Å². The number of hydrogen-bond donors (Lipinski definition) is 2. The van der Waals surface area contributed by atoms with Crippen LogP contribution in [0.15, 0.2) is 41.5 Å². The van der Waals surface area contributed by atoms with Gasteiger partial charge in [0, 0.05) is 11.6 Å². The first kappa shape index (κ1) is 21.7. The number of benzene rings is 2. The van der Waals surface area contributed by atoms with Gasteiger partial charge in [-0.3, -0.25) is 14.9 Å². The molecule has 0 atom stereocenters. The largest absolute Gasteiger partial charge is 0.500 e. The Labute approximate surface area is 168 Å². The lowest BCUT2D eigenvalue weighted by Gasteiger charge is -2.19. The first-order chi connectivity index (χ1) is 13.6. The Hall–Kier alpha value is -3.62. The number of carbonyl (C=O) groups excluding carboxylic acids is 1. The summed E-state index contributed by atoms with van der Waals surface area (Å²) in [6.07, 6.45) is 1.20. The van der Waals surface area contributed by atoms with Gasteiger partial charge in [-0.25, -0.2) is 5.43 Å². The maximum Gasteiger partial charge on any atom is 0.315 e. The Kier molecular flexibility index (Phi) is 6.76. The molecule has 0 saturated carbocycles. The summed E-state index contributed by atoms with van der Waals surface area (Å²) in [6.45, 7) is 6.07. The van der Waals surface area contributed by atoms with Gasteiger partial charge in [0.1, 0.15) is 5.75 Å². The molecule has 0 aromatic heterocycles. The maximum absolute atomic E-state index is 11.9. The summed E-state index contributed by atoms with van der Waals surface area (Å²) in [5.74, 6) is -0.601. The van der Waals surface area contributed by atoms with Crippen LogP contribution in [0.3, 0.4) is 0 Å². The number of methoxy groups -OCH3 is 1. The van der Waals surface area contributed by atoms with E-state index in [1.807, 2.05) is 12.1 Å². The molecule has 0 aliphatic heterocycles. The van der Waals surface area contributed by atoms with Crippen LogP contribution in [-0.4, -0.2) is 35.9 Å². The lowest BCUT2D eigenvalue weighted by Crippen LogP contribution is -2.24. The van der Waals surface area contributed by atoms with Crippen molar-refractivity contribution < 1.29 is 24.3 Å². The number of aromatic hydroxyl groups is 1. The fraction of sp³-hybridized carbons (Fsp3) is 0.300. The van der Waals surface area contributed by atoms with Crippen LogP contribution in [0.4, 0.5) is 5.69 Å². The van der Waals surface area contributed by atoms with E-state index in [1.165, 1.54) is 19.4 Å². The summed E-state index contributed by atoms with van der Waals surface area (Å²) in [5.41, 5.74) is 3.19. The van der Waals surface area contributed by atoms with Crippen molar-refractivity contribution in [3.05, 3.63) is 57.6 Å². The quantitative estimate of drug-likeness (QED) is 0.417. The summed E-state index contributed by atoms with van der Waals surface area (Å²) in [7, 11) is 1.27. The van der Waals surface area contributed by atoms with Gasteiger partial charge in [-0.15, -0.1) is 0 Å². The van der Waals surface area contributed by atoms with Crippen molar-refractivity contribution in [2.75, 3.05) is 13.7 Å². The first-order valence-electron chi connectivity index (χ1n) is 8.72. The summed E-state index contributed by atoms with van der Waals surface area (Å²) in [6, 6.07) is 9.93. The molecule has 9 nitrogen and oxygen atoms in total. The summed E-state index contributed by atoms with van der Waals surface area (Å²) in [5, 5.41) is 24.5. The third kappa shape index (κ3) is 5.93. The second-order valence-corrected chi connectivity index (χ2v) is 7.20. The van der Waals surface area contributed by atoms with Gasteiger partial charge in [0.15, 0.2) is 12.4 Å². The van der Waals surface area contributed by atoms with Gasteiger partial charge in [0.05, 0.1) is 18.2 Å². The Bertz CT molecular complexity index is 917. The molecular formula is C20H23N3O6. The summed E-state index contributed by atoms with van der Waals surface area (Å²) < 4.78 is 10.3. The number of nitrogens with one attached hydrogen (secondary N) is 1. The number of amides is 1. The molecule has 0 bridgehead atoms. The fourth-order valence-electron chi connectivity index (χ4n) is 2.39. The van der Waals surface area contributed by atoms with Crippen molar-refractivity contribution in [2.45, 2.75) is 26.2 Å². The third-order valence-corrected chi connectivity index (χ3v) is 3.99. The van der Waals surface area contributed by atoms with Crippen molar-refractivity contribution >= 4 is 17.8 Å². The number of ether oxygens (including phenoxy) is 2. The monoisotopic (exact) mass is 401 g/mol. The van der Waals surface area contributed by atoms with Crippen LogP contribution < -0.4 is 14.9 Å². The zero-order valence-electron chi connectivity index (χ0n) is 16.6. The van der Waals surface area contributed by atoms with Gasteiger partial charge >= 0.3 is 5.69 Å². The molecule has 2 aromatic rings. The second kappa shape index (κ2) is 9.05. The van der Waals surface area contributed by atoms with Crippen LogP contribution in [0.1, 0.15) is 31.9 Å². The van der Waals surface area contributed by atoms with Crippen LogP contribution >= 0.6 is 0 Å². The summed E-state index contributed by atoms with van der Waals surface area (Å²) >= 11 is 0. The van der Waals surface area contributed by atoms with Crippen molar-refractivity contribution in [2.24, 2.45) is 5.10 Å². The minimum atomic E-state index is -0.744. The van der Waals surface area contributed by atoms with E-state index in [2.05, 4.69) is 31.3 Å². The Balaban J connectivity index is 1.94. The van der Waals surface area contributed by atoms with E-state index in [-0.39, 0.29) is 23.3 Å². The van der Waals surface area contributed by atoms with E-state index in [9.17, 15) is 20.0 Å².